The molecule has 2 aliphatic carbocycles. The SMILES string of the molecule is CCCC(=O)OC(C)=O.c1cc2ccc1-2. The van der Waals surface area contributed by atoms with E-state index in [1.165, 1.54) is 18.1 Å². The second-order valence-electron chi connectivity index (χ2n) is 3.29. The van der Waals surface area contributed by atoms with E-state index in [-0.39, 0.29) is 0 Å². The summed E-state index contributed by atoms with van der Waals surface area (Å²) >= 11 is 0. The van der Waals surface area contributed by atoms with E-state index in [0.717, 1.165) is 0 Å². The number of hydrogen-bond acceptors (Lipinski definition) is 3. The molecule has 0 N–H and O–H groups in total. The fourth-order valence-electron chi connectivity index (χ4n) is 1.08. The Morgan fingerprint density at radius 3 is 1.80 bits per heavy atom. The van der Waals surface area contributed by atoms with E-state index in [4.69, 9.17) is 0 Å². The van der Waals surface area contributed by atoms with Crippen LogP contribution in [0.2, 0.25) is 0 Å². The first-order valence-electron chi connectivity index (χ1n) is 4.95. The van der Waals surface area contributed by atoms with Gasteiger partial charge >= 0.3 is 11.9 Å². The zero-order chi connectivity index (χ0) is 11.3. The number of hydrogen-bond donors (Lipinski definition) is 0. The first kappa shape index (κ1) is 11.4. The van der Waals surface area contributed by atoms with E-state index in [9.17, 15) is 9.59 Å². The van der Waals surface area contributed by atoms with Crippen LogP contribution in [-0.2, 0) is 14.3 Å². The summed E-state index contributed by atoms with van der Waals surface area (Å²) in [5.74, 6) is -0.974. The maximum absolute atomic E-state index is 10.4. The topological polar surface area (TPSA) is 43.4 Å². The molecule has 0 saturated heterocycles. The Hall–Kier alpha value is -1.64. The molecule has 0 aromatic carbocycles. The molecule has 0 atom stereocenters. The maximum atomic E-state index is 10.4. The van der Waals surface area contributed by atoms with Crippen LogP contribution in [0.5, 0.6) is 0 Å². The molecule has 15 heavy (non-hydrogen) atoms. The van der Waals surface area contributed by atoms with Gasteiger partial charge in [-0.1, -0.05) is 31.2 Å². The Balaban J connectivity index is 0.000000158. The number of carbonyl (C=O) groups excluding carboxylic acids is 2. The predicted octanol–water partition coefficient (Wildman–Crippen LogP) is 2.54. The van der Waals surface area contributed by atoms with Gasteiger partial charge in [0.05, 0.1) is 0 Å². The highest BCUT2D eigenvalue weighted by molar-refractivity contribution is 5.83. The molecule has 0 amide bonds. The van der Waals surface area contributed by atoms with Crippen LogP contribution in [0.1, 0.15) is 26.7 Å². The van der Waals surface area contributed by atoms with E-state index < -0.39 is 11.9 Å². The van der Waals surface area contributed by atoms with Gasteiger partial charge in [-0.25, -0.2) is 0 Å². The molecule has 0 aliphatic heterocycles. The summed E-state index contributed by atoms with van der Waals surface area (Å²) < 4.78 is 4.21. The molecule has 0 unspecified atom stereocenters. The van der Waals surface area contributed by atoms with Gasteiger partial charge in [-0.15, -0.1) is 0 Å². The van der Waals surface area contributed by atoms with Crippen LogP contribution in [0.3, 0.4) is 0 Å². The van der Waals surface area contributed by atoms with E-state index in [1.54, 1.807) is 0 Å². The number of benzene rings is 1. The van der Waals surface area contributed by atoms with Gasteiger partial charge in [0.1, 0.15) is 0 Å². The first-order chi connectivity index (χ1) is 7.13. The molecule has 0 heterocycles. The van der Waals surface area contributed by atoms with E-state index in [1.807, 2.05) is 6.92 Å². The molecule has 80 valence electrons. The summed E-state index contributed by atoms with van der Waals surface area (Å²) in [5, 5.41) is 0. The molecule has 2 rings (SSSR count). The largest absolute Gasteiger partial charge is 0.393 e. The highest BCUT2D eigenvalue weighted by Gasteiger charge is 2.04. The normalized spacial score (nSPS) is 9.73. The van der Waals surface area contributed by atoms with Crippen molar-refractivity contribution in [3.63, 3.8) is 0 Å². The molecule has 0 fully saturated rings. The number of fused-ring (bicyclic) bond motifs is 1. The smallest absolute Gasteiger partial charge is 0.313 e. The van der Waals surface area contributed by atoms with E-state index >= 15 is 0 Å². The van der Waals surface area contributed by atoms with Gasteiger partial charge in [0, 0.05) is 13.3 Å². The molecule has 0 aromatic rings. The van der Waals surface area contributed by atoms with Gasteiger partial charge in [0.25, 0.3) is 0 Å². The standard InChI is InChI=1S/C6H10O3.C6H4/c1-3-4-6(8)9-5(2)7;1-2-6-4-3-5(1)6/h3-4H2,1-2H3;1-4H. The van der Waals surface area contributed by atoms with Crippen molar-refractivity contribution in [3.05, 3.63) is 24.3 Å². The zero-order valence-electron chi connectivity index (χ0n) is 8.95. The van der Waals surface area contributed by atoms with Crippen molar-refractivity contribution < 1.29 is 14.3 Å². The van der Waals surface area contributed by atoms with Crippen molar-refractivity contribution in [1.29, 1.82) is 0 Å². The van der Waals surface area contributed by atoms with Gasteiger partial charge in [-0.05, 0) is 17.5 Å². The average molecular weight is 206 g/mol. The van der Waals surface area contributed by atoms with Crippen molar-refractivity contribution >= 4 is 11.9 Å². The van der Waals surface area contributed by atoms with Crippen molar-refractivity contribution in [2.75, 3.05) is 0 Å². The quantitative estimate of drug-likeness (QED) is 0.560. The molecule has 2 aliphatic rings. The second kappa shape index (κ2) is 5.29. The van der Waals surface area contributed by atoms with Crippen molar-refractivity contribution in [3.8, 4) is 11.1 Å². The Morgan fingerprint density at radius 1 is 1.13 bits per heavy atom. The third-order valence-corrected chi connectivity index (χ3v) is 1.93. The summed E-state index contributed by atoms with van der Waals surface area (Å²) in [6.45, 7) is 3.06. The van der Waals surface area contributed by atoms with Crippen molar-refractivity contribution in [1.82, 2.24) is 0 Å². The summed E-state index contributed by atoms with van der Waals surface area (Å²) in [6, 6.07) is 8.48. The monoisotopic (exact) mass is 206 g/mol. The molecule has 3 nitrogen and oxygen atoms in total. The molecule has 3 heteroatoms. The third kappa shape index (κ3) is 3.54. The van der Waals surface area contributed by atoms with E-state index in [2.05, 4.69) is 29.0 Å². The molecule has 0 bridgehead atoms. The van der Waals surface area contributed by atoms with Crippen LogP contribution < -0.4 is 0 Å². The summed E-state index contributed by atoms with van der Waals surface area (Å²) in [4.78, 5) is 20.5. The number of rotatable bonds is 2. The minimum atomic E-state index is -0.534. The zero-order valence-corrected chi connectivity index (χ0v) is 8.95. The van der Waals surface area contributed by atoms with Crippen LogP contribution in [0, 0.1) is 0 Å². The van der Waals surface area contributed by atoms with Crippen LogP contribution in [0.4, 0.5) is 0 Å². The van der Waals surface area contributed by atoms with Gasteiger partial charge in [0.15, 0.2) is 0 Å². The lowest BCUT2D eigenvalue weighted by Gasteiger charge is -2.10. The highest BCUT2D eigenvalue weighted by Crippen LogP contribution is 2.29. The van der Waals surface area contributed by atoms with Gasteiger partial charge in [-0.3, -0.25) is 9.59 Å². The lowest BCUT2D eigenvalue weighted by atomic mass is 9.95. The van der Waals surface area contributed by atoms with E-state index in [0.29, 0.717) is 12.8 Å². The highest BCUT2D eigenvalue weighted by atomic mass is 16.6. The third-order valence-electron chi connectivity index (χ3n) is 1.93. The number of ether oxygens (including phenoxy) is 1. The molecule has 0 saturated carbocycles. The van der Waals surface area contributed by atoms with Crippen LogP contribution in [0.25, 0.3) is 11.1 Å². The van der Waals surface area contributed by atoms with Crippen molar-refractivity contribution in [2.45, 2.75) is 26.7 Å². The Kier molecular flexibility index (Phi) is 4.03. The summed E-state index contributed by atoms with van der Waals surface area (Å²) in [5.41, 5.74) is 2.85. The summed E-state index contributed by atoms with van der Waals surface area (Å²) in [6.07, 6.45) is 1.03. The van der Waals surface area contributed by atoms with Crippen LogP contribution in [-0.4, -0.2) is 11.9 Å². The molecule has 0 spiro atoms. The fourth-order valence-corrected chi connectivity index (χ4v) is 1.08. The van der Waals surface area contributed by atoms with Gasteiger partial charge < -0.3 is 4.74 Å². The number of carbonyl (C=O) groups is 2. The number of esters is 2. The minimum absolute atomic E-state index is 0.319. The lowest BCUT2D eigenvalue weighted by Crippen LogP contribution is -2.07. The Morgan fingerprint density at radius 2 is 1.60 bits per heavy atom. The average Bonchev–Trinajstić information content (AvgIpc) is 2.11. The van der Waals surface area contributed by atoms with Crippen molar-refractivity contribution in [2.24, 2.45) is 0 Å². The molecule has 0 radical (unpaired) electrons. The maximum Gasteiger partial charge on any atom is 0.313 e. The molecular formula is C12H14O3. The Labute approximate surface area is 89.1 Å². The second-order valence-corrected chi connectivity index (χ2v) is 3.29. The van der Waals surface area contributed by atoms with Gasteiger partial charge in [-0.2, -0.15) is 0 Å². The first-order valence-corrected chi connectivity index (χ1v) is 4.95. The lowest BCUT2D eigenvalue weighted by molar-refractivity contribution is -0.158. The predicted molar refractivity (Wildman–Crippen MR) is 57.1 cm³/mol. The fraction of sp³-hybridized carbons (Fsp3) is 0.333. The van der Waals surface area contributed by atoms with Crippen LogP contribution in [0.15, 0.2) is 24.3 Å². The minimum Gasteiger partial charge on any atom is -0.393 e. The Bertz CT molecular complexity index is 331. The molecular weight excluding hydrogens is 192 g/mol. The van der Waals surface area contributed by atoms with Gasteiger partial charge in [0.2, 0.25) is 0 Å². The summed E-state index contributed by atoms with van der Waals surface area (Å²) in [7, 11) is 0. The van der Waals surface area contributed by atoms with Crippen LogP contribution >= 0.6 is 0 Å². The molecule has 0 aromatic heterocycles.